The molecule has 2 aliphatic rings. The van der Waals surface area contributed by atoms with Crippen LogP contribution in [0.3, 0.4) is 0 Å². The first-order chi connectivity index (χ1) is 10.7. The van der Waals surface area contributed by atoms with Crippen LogP contribution in [-0.4, -0.2) is 43.8 Å². The Labute approximate surface area is 130 Å². The molecule has 6 nitrogen and oxygen atoms in total. The van der Waals surface area contributed by atoms with Gasteiger partial charge in [-0.2, -0.15) is 0 Å². The zero-order chi connectivity index (χ0) is 15.5. The van der Waals surface area contributed by atoms with Crippen LogP contribution in [-0.2, 0) is 11.3 Å². The van der Waals surface area contributed by atoms with Gasteiger partial charge in [-0.25, -0.2) is 0 Å². The zero-order valence-corrected chi connectivity index (χ0v) is 13.1. The molecule has 120 valence electrons. The summed E-state index contributed by atoms with van der Waals surface area (Å²) in [5.41, 5.74) is 1.07. The maximum atomic E-state index is 11.6. The van der Waals surface area contributed by atoms with Crippen LogP contribution in [0.4, 0.5) is 0 Å². The summed E-state index contributed by atoms with van der Waals surface area (Å²) in [7, 11) is 1.62. The number of carbonyl (C=O) groups excluding carboxylic acids is 1. The predicted molar refractivity (Wildman–Crippen MR) is 81.2 cm³/mol. The van der Waals surface area contributed by atoms with E-state index >= 15 is 0 Å². The summed E-state index contributed by atoms with van der Waals surface area (Å²) in [6, 6.07) is 4.15. The average molecular weight is 306 g/mol. The van der Waals surface area contributed by atoms with Crippen LogP contribution in [0.15, 0.2) is 12.1 Å². The maximum Gasteiger partial charge on any atom is 0.231 e. The number of hydrogen-bond donors (Lipinski definition) is 1. The van der Waals surface area contributed by atoms with Gasteiger partial charge in [0.1, 0.15) is 0 Å². The molecule has 1 amide bonds. The van der Waals surface area contributed by atoms with Gasteiger partial charge in [0.05, 0.1) is 7.11 Å². The standard InChI is InChI=1S/C16H22N2O4/c1-11(9-18-5-3-4-15(18)19)17-8-12-6-13(20-2)16-14(7-12)21-10-22-16/h6-7,11,17H,3-5,8-10H2,1-2H3/t11-/m0/s1. The molecule has 6 heteroatoms. The van der Waals surface area contributed by atoms with E-state index in [0.29, 0.717) is 24.5 Å². The van der Waals surface area contributed by atoms with E-state index in [9.17, 15) is 4.79 Å². The molecule has 1 saturated heterocycles. The van der Waals surface area contributed by atoms with Crippen molar-refractivity contribution in [3.8, 4) is 17.2 Å². The number of methoxy groups -OCH3 is 1. The lowest BCUT2D eigenvalue weighted by atomic mass is 10.1. The second kappa shape index (κ2) is 6.44. The third-order valence-electron chi connectivity index (χ3n) is 4.04. The van der Waals surface area contributed by atoms with Gasteiger partial charge in [-0.05, 0) is 31.0 Å². The molecule has 0 aromatic heterocycles. The molecule has 1 aromatic rings. The molecule has 2 aliphatic heterocycles. The Hall–Kier alpha value is -1.95. The summed E-state index contributed by atoms with van der Waals surface area (Å²) in [6.45, 7) is 4.64. The molecule has 0 bridgehead atoms. The molecular weight excluding hydrogens is 284 g/mol. The fourth-order valence-electron chi connectivity index (χ4n) is 2.87. The Morgan fingerprint density at radius 1 is 1.41 bits per heavy atom. The van der Waals surface area contributed by atoms with E-state index in [1.54, 1.807) is 7.11 Å². The third-order valence-corrected chi connectivity index (χ3v) is 4.04. The van der Waals surface area contributed by atoms with Crippen molar-refractivity contribution in [3.63, 3.8) is 0 Å². The minimum atomic E-state index is 0.232. The highest BCUT2D eigenvalue weighted by molar-refractivity contribution is 5.78. The smallest absolute Gasteiger partial charge is 0.231 e. The number of fused-ring (bicyclic) bond motifs is 1. The Morgan fingerprint density at radius 2 is 2.27 bits per heavy atom. The fraction of sp³-hybridized carbons (Fsp3) is 0.562. The molecule has 22 heavy (non-hydrogen) atoms. The van der Waals surface area contributed by atoms with Gasteiger partial charge < -0.3 is 24.4 Å². The van der Waals surface area contributed by atoms with Crippen molar-refractivity contribution in [1.29, 1.82) is 0 Å². The normalized spacial score (nSPS) is 17.9. The summed E-state index contributed by atoms with van der Waals surface area (Å²) in [5.74, 6) is 2.34. The van der Waals surface area contributed by atoms with Gasteiger partial charge in [0.15, 0.2) is 11.5 Å². The number of rotatable bonds is 6. The molecule has 0 radical (unpaired) electrons. The molecule has 0 spiro atoms. The molecule has 1 atom stereocenters. The number of hydrogen-bond acceptors (Lipinski definition) is 5. The molecule has 0 aliphatic carbocycles. The highest BCUT2D eigenvalue weighted by Crippen LogP contribution is 2.41. The maximum absolute atomic E-state index is 11.6. The first kappa shape index (κ1) is 15.0. The minimum absolute atomic E-state index is 0.232. The number of ether oxygens (including phenoxy) is 3. The number of benzene rings is 1. The quantitative estimate of drug-likeness (QED) is 0.863. The van der Waals surface area contributed by atoms with Crippen LogP contribution >= 0.6 is 0 Å². The average Bonchev–Trinajstić information content (AvgIpc) is 3.13. The molecular formula is C16H22N2O4. The largest absolute Gasteiger partial charge is 0.493 e. The van der Waals surface area contributed by atoms with Crippen LogP contribution in [0.25, 0.3) is 0 Å². The van der Waals surface area contributed by atoms with Crippen molar-refractivity contribution in [2.75, 3.05) is 27.0 Å². The SMILES string of the molecule is COc1cc(CN[C@@H](C)CN2CCCC2=O)cc2c1OCO2. The number of nitrogens with one attached hydrogen (secondary N) is 1. The van der Waals surface area contributed by atoms with Crippen LogP contribution < -0.4 is 19.5 Å². The zero-order valence-electron chi connectivity index (χ0n) is 13.1. The molecule has 0 unspecified atom stereocenters. The number of likely N-dealkylation sites (tertiary alicyclic amines) is 1. The minimum Gasteiger partial charge on any atom is -0.493 e. The van der Waals surface area contributed by atoms with Crippen molar-refractivity contribution in [2.45, 2.75) is 32.4 Å². The van der Waals surface area contributed by atoms with Gasteiger partial charge in [-0.15, -0.1) is 0 Å². The molecule has 1 fully saturated rings. The molecule has 1 aromatic carbocycles. The van der Waals surface area contributed by atoms with Gasteiger partial charge in [0, 0.05) is 32.1 Å². The van der Waals surface area contributed by atoms with Gasteiger partial charge in [0.25, 0.3) is 0 Å². The van der Waals surface area contributed by atoms with E-state index in [1.165, 1.54) is 0 Å². The summed E-state index contributed by atoms with van der Waals surface area (Å²) < 4.78 is 16.2. The predicted octanol–water partition coefficient (Wildman–Crippen LogP) is 1.52. The molecule has 0 saturated carbocycles. The Morgan fingerprint density at radius 3 is 3.00 bits per heavy atom. The summed E-state index contributed by atoms with van der Waals surface area (Å²) in [5, 5.41) is 3.44. The van der Waals surface area contributed by atoms with Gasteiger partial charge in [-0.3, -0.25) is 4.79 Å². The number of amides is 1. The highest BCUT2D eigenvalue weighted by Gasteiger charge is 2.22. The summed E-state index contributed by atoms with van der Waals surface area (Å²) in [4.78, 5) is 13.6. The Bertz CT molecular complexity index is 561. The summed E-state index contributed by atoms with van der Waals surface area (Å²) in [6.07, 6.45) is 1.66. The van der Waals surface area contributed by atoms with Crippen molar-refractivity contribution < 1.29 is 19.0 Å². The van der Waals surface area contributed by atoms with Crippen molar-refractivity contribution in [1.82, 2.24) is 10.2 Å². The molecule has 3 rings (SSSR count). The van der Waals surface area contributed by atoms with E-state index in [2.05, 4.69) is 12.2 Å². The summed E-state index contributed by atoms with van der Waals surface area (Å²) >= 11 is 0. The second-order valence-corrected chi connectivity index (χ2v) is 5.76. The topological polar surface area (TPSA) is 60.0 Å². The highest BCUT2D eigenvalue weighted by atomic mass is 16.7. The van der Waals surface area contributed by atoms with Crippen LogP contribution in [0.2, 0.25) is 0 Å². The van der Waals surface area contributed by atoms with E-state index in [0.717, 1.165) is 30.8 Å². The van der Waals surface area contributed by atoms with Crippen LogP contribution in [0.5, 0.6) is 17.2 Å². The lowest BCUT2D eigenvalue weighted by Crippen LogP contribution is -2.39. The third kappa shape index (κ3) is 3.11. The Balaban J connectivity index is 1.58. The van der Waals surface area contributed by atoms with Crippen LogP contribution in [0, 0.1) is 0 Å². The van der Waals surface area contributed by atoms with E-state index in [-0.39, 0.29) is 18.7 Å². The first-order valence-electron chi connectivity index (χ1n) is 7.65. The van der Waals surface area contributed by atoms with Gasteiger partial charge >= 0.3 is 0 Å². The molecule has 2 heterocycles. The van der Waals surface area contributed by atoms with Gasteiger partial charge in [0.2, 0.25) is 18.4 Å². The second-order valence-electron chi connectivity index (χ2n) is 5.76. The van der Waals surface area contributed by atoms with Crippen LogP contribution in [0.1, 0.15) is 25.3 Å². The lowest BCUT2D eigenvalue weighted by molar-refractivity contribution is -0.127. The lowest BCUT2D eigenvalue weighted by Gasteiger charge is -2.22. The van der Waals surface area contributed by atoms with E-state index < -0.39 is 0 Å². The van der Waals surface area contributed by atoms with Crippen molar-refractivity contribution >= 4 is 5.91 Å². The van der Waals surface area contributed by atoms with Crippen molar-refractivity contribution in [2.24, 2.45) is 0 Å². The number of nitrogens with zero attached hydrogens (tertiary/aromatic N) is 1. The number of carbonyl (C=O) groups is 1. The molecule has 1 N–H and O–H groups in total. The van der Waals surface area contributed by atoms with E-state index in [1.807, 2.05) is 17.0 Å². The first-order valence-corrected chi connectivity index (χ1v) is 7.65. The van der Waals surface area contributed by atoms with Crippen molar-refractivity contribution in [3.05, 3.63) is 17.7 Å². The van der Waals surface area contributed by atoms with E-state index in [4.69, 9.17) is 14.2 Å². The van der Waals surface area contributed by atoms with Gasteiger partial charge in [-0.1, -0.05) is 0 Å². The Kier molecular flexibility index (Phi) is 4.38. The monoisotopic (exact) mass is 306 g/mol. The fourth-order valence-corrected chi connectivity index (χ4v) is 2.87.